The summed E-state index contributed by atoms with van der Waals surface area (Å²) >= 11 is 0. The maximum absolute atomic E-state index is 9.30. The van der Waals surface area contributed by atoms with Crippen LogP contribution >= 0.6 is 0 Å². The van der Waals surface area contributed by atoms with E-state index in [1.807, 2.05) is 6.92 Å². The lowest BCUT2D eigenvalue weighted by atomic mass is 9.96. The molecule has 0 saturated carbocycles. The molecule has 0 fully saturated rings. The van der Waals surface area contributed by atoms with Crippen molar-refractivity contribution >= 4 is 0 Å². The number of hydrogen-bond acceptors (Lipinski definition) is 5. The van der Waals surface area contributed by atoms with Crippen LogP contribution in [0.25, 0.3) is 0 Å². The van der Waals surface area contributed by atoms with Crippen LogP contribution in [0.4, 0.5) is 0 Å². The van der Waals surface area contributed by atoms with Crippen molar-refractivity contribution in [2.75, 3.05) is 53.6 Å². The fraction of sp³-hybridized carbons (Fsp3) is 0.938. The molecule has 1 atom stereocenters. The normalized spacial score (nSPS) is 14.1. The third-order valence-electron chi connectivity index (χ3n) is 3.64. The Balaban J connectivity index is 3.97. The molecule has 0 rings (SSSR count). The average molecular weight is 299 g/mol. The van der Waals surface area contributed by atoms with Crippen molar-refractivity contribution in [2.45, 2.75) is 45.1 Å². The van der Waals surface area contributed by atoms with Gasteiger partial charge in [-0.2, -0.15) is 5.26 Å². The van der Waals surface area contributed by atoms with Gasteiger partial charge in [0.2, 0.25) is 0 Å². The molecule has 0 aromatic rings. The third kappa shape index (κ3) is 10.7. The molecule has 0 saturated heterocycles. The Morgan fingerprint density at radius 2 is 1.71 bits per heavy atom. The van der Waals surface area contributed by atoms with Crippen LogP contribution in [0.15, 0.2) is 0 Å². The quantitative estimate of drug-likeness (QED) is 0.497. The summed E-state index contributed by atoms with van der Waals surface area (Å²) in [4.78, 5) is 2.36. The highest BCUT2D eigenvalue weighted by atomic mass is 16.5. The van der Waals surface area contributed by atoms with Crippen LogP contribution < -0.4 is 5.32 Å². The van der Waals surface area contributed by atoms with Crippen LogP contribution in [-0.4, -0.2) is 64.1 Å². The van der Waals surface area contributed by atoms with E-state index < -0.39 is 0 Å². The molecule has 0 radical (unpaired) electrons. The molecular formula is C16H33N3O2. The summed E-state index contributed by atoms with van der Waals surface area (Å²) in [5.41, 5.74) is -0.389. The number of hydrogen-bond donors (Lipinski definition) is 1. The van der Waals surface area contributed by atoms with Crippen molar-refractivity contribution in [1.82, 2.24) is 10.2 Å². The molecule has 0 heterocycles. The lowest BCUT2D eigenvalue weighted by Gasteiger charge is -2.25. The number of rotatable bonds is 14. The molecule has 0 spiro atoms. The van der Waals surface area contributed by atoms with Gasteiger partial charge in [0, 0.05) is 27.3 Å². The Morgan fingerprint density at radius 1 is 1.10 bits per heavy atom. The minimum Gasteiger partial charge on any atom is -0.383 e. The fourth-order valence-corrected chi connectivity index (χ4v) is 2.17. The van der Waals surface area contributed by atoms with Crippen molar-refractivity contribution < 1.29 is 9.47 Å². The number of ether oxygens (including phenoxy) is 2. The van der Waals surface area contributed by atoms with Crippen molar-refractivity contribution in [1.29, 1.82) is 5.26 Å². The second-order valence-electron chi connectivity index (χ2n) is 5.66. The fourth-order valence-electron chi connectivity index (χ4n) is 2.17. The van der Waals surface area contributed by atoms with Crippen molar-refractivity contribution in [3.8, 4) is 6.07 Å². The van der Waals surface area contributed by atoms with Gasteiger partial charge in [0.25, 0.3) is 0 Å². The zero-order valence-corrected chi connectivity index (χ0v) is 14.3. The smallest absolute Gasteiger partial charge is 0.103 e. The highest BCUT2D eigenvalue weighted by molar-refractivity contribution is 5.03. The van der Waals surface area contributed by atoms with Gasteiger partial charge in [-0.1, -0.05) is 6.92 Å². The van der Waals surface area contributed by atoms with E-state index in [-0.39, 0.29) is 5.54 Å². The summed E-state index contributed by atoms with van der Waals surface area (Å²) in [6, 6.07) is 2.41. The number of methoxy groups -OCH3 is 2. The molecule has 5 nitrogen and oxygen atoms in total. The summed E-state index contributed by atoms with van der Waals surface area (Å²) < 4.78 is 10.3. The predicted molar refractivity (Wildman–Crippen MR) is 86.4 cm³/mol. The van der Waals surface area contributed by atoms with Crippen LogP contribution in [0.3, 0.4) is 0 Å². The Kier molecular flexibility index (Phi) is 12.6. The molecule has 124 valence electrons. The lowest BCUT2D eigenvalue weighted by molar-refractivity contribution is 0.112. The van der Waals surface area contributed by atoms with E-state index >= 15 is 0 Å². The minimum atomic E-state index is -0.389. The van der Waals surface area contributed by atoms with Crippen molar-refractivity contribution in [2.24, 2.45) is 0 Å². The second-order valence-corrected chi connectivity index (χ2v) is 5.66. The molecule has 5 heteroatoms. The first-order valence-electron chi connectivity index (χ1n) is 7.98. The van der Waals surface area contributed by atoms with E-state index in [2.05, 4.69) is 23.2 Å². The number of unbranched alkanes of at least 4 members (excludes halogenated alkanes) is 1. The standard InChI is InChI=1S/C16H33N3O2/c1-5-9-18-16(2,15-17)8-6-7-10-19(11-13-20-3)12-14-21-4/h18H,5-14H2,1-4H3. The highest BCUT2D eigenvalue weighted by Gasteiger charge is 2.21. The van der Waals surface area contributed by atoms with Crippen LogP contribution in [0, 0.1) is 11.3 Å². The highest BCUT2D eigenvalue weighted by Crippen LogP contribution is 2.13. The first kappa shape index (κ1) is 20.3. The maximum atomic E-state index is 9.30. The minimum absolute atomic E-state index is 0.389. The molecule has 0 aliphatic rings. The van der Waals surface area contributed by atoms with Crippen molar-refractivity contribution in [3.63, 3.8) is 0 Å². The second kappa shape index (κ2) is 13.0. The van der Waals surface area contributed by atoms with Gasteiger partial charge in [-0.05, 0) is 45.7 Å². The van der Waals surface area contributed by atoms with Crippen molar-refractivity contribution in [3.05, 3.63) is 0 Å². The number of nitriles is 1. The molecular weight excluding hydrogens is 266 g/mol. The largest absolute Gasteiger partial charge is 0.383 e. The number of nitrogens with zero attached hydrogens (tertiary/aromatic N) is 2. The summed E-state index contributed by atoms with van der Waals surface area (Å²) in [6.45, 7) is 9.41. The first-order chi connectivity index (χ1) is 10.1. The lowest BCUT2D eigenvalue weighted by Crippen LogP contribution is -2.41. The Morgan fingerprint density at radius 3 is 2.19 bits per heavy atom. The summed E-state index contributed by atoms with van der Waals surface area (Å²) in [5.74, 6) is 0. The molecule has 0 aromatic heterocycles. The Labute approximate surface area is 130 Å². The third-order valence-corrected chi connectivity index (χ3v) is 3.64. The molecule has 0 aliphatic carbocycles. The molecule has 0 amide bonds. The van der Waals surface area contributed by atoms with Gasteiger partial charge >= 0.3 is 0 Å². The van der Waals surface area contributed by atoms with E-state index in [1.165, 1.54) is 0 Å². The zero-order valence-electron chi connectivity index (χ0n) is 14.3. The molecule has 21 heavy (non-hydrogen) atoms. The predicted octanol–water partition coefficient (Wildman–Crippen LogP) is 2.03. The van der Waals surface area contributed by atoms with Crippen LogP contribution in [0.1, 0.15) is 39.5 Å². The Hall–Kier alpha value is -0.670. The van der Waals surface area contributed by atoms with Gasteiger partial charge < -0.3 is 9.47 Å². The SMILES string of the molecule is CCCNC(C)(C#N)CCCCN(CCOC)CCOC. The van der Waals surface area contributed by atoms with Gasteiger partial charge in [-0.3, -0.25) is 10.2 Å². The zero-order chi connectivity index (χ0) is 16.0. The van der Waals surface area contributed by atoms with Gasteiger partial charge in [-0.15, -0.1) is 0 Å². The molecule has 0 aliphatic heterocycles. The molecule has 1 N–H and O–H groups in total. The topological polar surface area (TPSA) is 57.5 Å². The molecule has 0 bridgehead atoms. The van der Waals surface area contributed by atoms with E-state index in [4.69, 9.17) is 9.47 Å². The van der Waals surface area contributed by atoms with Crippen LogP contribution in [0.2, 0.25) is 0 Å². The van der Waals surface area contributed by atoms with Gasteiger partial charge in [0.05, 0.1) is 19.3 Å². The summed E-state index contributed by atoms with van der Waals surface area (Å²) in [6.07, 6.45) is 4.10. The monoisotopic (exact) mass is 299 g/mol. The van der Waals surface area contributed by atoms with E-state index in [0.29, 0.717) is 0 Å². The van der Waals surface area contributed by atoms with E-state index in [0.717, 1.165) is 65.1 Å². The average Bonchev–Trinajstić information content (AvgIpc) is 2.51. The number of nitrogens with one attached hydrogen (secondary N) is 1. The first-order valence-corrected chi connectivity index (χ1v) is 7.98. The Bertz CT molecular complexity index is 273. The van der Waals surface area contributed by atoms with E-state index in [9.17, 15) is 5.26 Å². The van der Waals surface area contributed by atoms with Crippen LogP contribution in [0.5, 0.6) is 0 Å². The maximum Gasteiger partial charge on any atom is 0.103 e. The van der Waals surface area contributed by atoms with Gasteiger partial charge in [0.1, 0.15) is 5.54 Å². The molecule has 0 aromatic carbocycles. The van der Waals surface area contributed by atoms with Gasteiger partial charge in [-0.25, -0.2) is 0 Å². The van der Waals surface area contributed by atoms with Crippen LogP contribution in [-0.2, 0) is 9.47 Å². The summed E-state index contributed by atoms with van der Waals surface area (Å²) in [5, 5.41) is 12.6. The molecule has 1 unspecified atom stereocenters. The summed E-state index contributed by atoms with van der Waals surface area (Å²) in [7, 11) is 3.46. The van der Waals surface area contributed by atoms with Gasteiger partial charge in [0.15, 0.2) is 0 Å². The van der Waals surface area contributed by atoms with E-state index in [1.54, 1.807) is 14.2 Å².